The molecule has 0 saturated heterocycles. The lowest BCUT2D eigenvalue weighted by molar-refractivity contribution is -0.131. The fraction of sp³-hybridized carbons (Fsp3) is 0.118. The fourth-order valence-corrected chi connectivity index (χ4v) is 2.50. The molecule has 0 amide bonds. The molecule has 0 aliphatic rings. The lowest BCUT2D eigenvalue weighted by Gasteiger charge is -2.25. The van der Waals surface area contributed by atoms with Crippen molar-refractivity contribution < 1.29 is 9.90 Å². The van der Waals surface area contributed by atoms with E-state index in [4.69, 9.17) is 5.11 Å². The van der Waals surface area contributed by atoms with Crippen molar-refractivity contribution in [3.63, 3.8) is 0 Å². The Hall–Kier alpha value is -2.07. The van der Waals surface area contributed by atoms with Crippen LogP contribution in [-0.4, -0.2) is 17.6 Å². The van der Waals surface area contributed by atoms with E-state index in [1.54, 1.807) is 6.08 Å². The first-order valence-corrected chi connectivity index (χ1v) is 7.44. The quantitative estimate of drug-likeness (QED) is 0.798. The van der Waals surface area contributed by atoms with Crippen molar-refractivity contribution in [1.29, 1.82) is 0 Å². The highest BCUT2D eigenvalue weighted by Gasteiger charge is 2.11. The van der Waals surface area contributed by atoms with Crippen molar-refractivity contribution in [2.75, 3.05) is 11.4 Å². The van der Waals surface area contributed by atoms with Crippen molar-refractivity contribution in [3.05, 3.63) is 64.6 Å². The molecule has 2 aromatic rings. The van der Waals surface area contributed by atoms with Crippen LogP contribution in [0.15, 0.2) is 59.1 Å². The van der Waals surface area contributed by atoms with Gasteiger partial charge in [0.15, 0.2) is 0 Å². The Morgan fingerprint density at radius 1 is 1.24 bits per heavy atom. The van der Waals surface area contributed by atoms with Gasteiger partial charge in [-0.25, -0.2) is 4.79 Å². The van der Waals surface area contributed by atoms with Gasteiger partial charge in [0.05, 0.1) is 0 Å². The van der Waals surface area contributed by atoms with Crippen molar-refractivity contribution in [2.45, 2.75) is 6.92 Å². The van der Waals surface area contributed by atoms with Crippen LogP contribution in [0.25, 0.3) is 6.08 Å². The van der Waals surface area contributed by atoms with E-state index in [1.165, 1.54) is 0 Å². The minimum atomic E-state index is -0.952. The number of hydrogen-bond acceptors (Lipinski definition) is 2. The number of rotatable bonds is 5. The predicted octanol–water partition coefficient (Wildman–Crippen LogP) is 4.70. The first-order valence-electron chi connectivity index (χ1n) is 6.65. The second-order valence-electron chi connectivity index (χ2n) is 4.45. The number of benzene rings is 2. The van der Waals surface area contributed by atoms with Gasteiger partial charge in [0.2, 0.25) is 0 Å². The first kappa shape index (κ1) is 15.3. The van der Waals surface area contributed by atoms with E-state index < -0.39 is 5.97 Å². The number of nitrogens with zero attached hydrogens (tertiary/aromatic N) is 1. The predicted molar refractivity (Wildman–Crippen MR) is 89.9 cm³/mol. The lowest BCUT2D eigenvalue weighted by atomic mass is 10.1. The van der Waals surface area contributed by atoms with Crippen LogP contribution in [0.3, 0.4) is 0 Å². The van der Waals surface area contributed by atoms with Gasteiger partial charge in [0.25, 0.3) is 0 Å². The normalized spacial score (nSPS) is 10.8. The van der Waals surface area contributed by atoms with Crippen molar-refractivity contribution in [1.82, 2.24) is 0 Å². The highest BCUT2D eigenvalue weighted by atomic mass is 79.9. The summed E-state index contributed by atoms with van der Waals surface area (Å²) in [5.74, 6) is -0.952. The summed E-state index contributed by atoms with van der Waals surface area (Å²) in [5, 5.41) is 8.82. The van der Waals surface area contributed by atoms with Crippen LogP contribution in [0.5, 0.6) is 0 Å². The molecule has 0 aliphatic carbocycles. The van der Waals surface area contributed by atoms with Gasteiger partial charge >= 0.3 is 5.97 Å². The minimum Gasteiger partial charge on any atom is -0.478 e. The maximum absolute atomic E-state index is 10.8. The monoisotopic (exact) mass is 345 g/mol. The van der Waals surface area contributed by atoms with E-state index in [1.807, 2.05) is 48.5 Å². The van der Waals surface area contributed by atoms with Gasteiger partial charge in [0.1, 0.15) is 0 Å². The van der Waals surface area contributed by atoms with Gasteiger partial charge in [-0.1, -0.05) is 40.2 Å². The van der Waals surface area contributed by atoms with E-state index in [0.29, 0.717) is 0 Å². The molecule has 3 nitrogen and oxygen atoms in total. The number of halogens is 1. The van der Waals surface area contributed by atoms with E-state index in [-0.39, 0.29) is 0 Å². The summed E-state index contributed by atoms with van der Waals surface area (Å²) in [4.78, 5) is 12.9. The lowest BCUT2D eigenvalue weighted by Crippen LogP contribution is -2.17. The zero-order valence-electron chi connectivity index (χ0n) is 11.7. The largest absolute Gasteiger partial charge is 0.478 e. The average molecular weight is 346 g/mol. The summed E-state index contributed by atoms with van der Waals surface area (Å²) in [7, 11) is 0. The van der Waals surface area contributed by atoms with E-state index in [0.717, 1.165) is 34.0 Å². The topological polar surface area (TPSA) is 40.5 Å². The average Bonchev–Trinajstić information content (AvgIpc) is 2.48. The van der Waals surface area contributed by atoms with Crippen molar-refractivity contribution in [2.24, 2.45) is 0 Å². The zero-order valence-corrected chi connectivity index (χ0v) is 13.2. The van der Waals surface area contributed by atoms with Gasteiger partial charge in [-0.2, -0.15) is 0 Å². The molecule has 0 radical (unpaired) electrons. The molecular weight excluding hydrogens is 330 g/mol. The molecule has 2 rings (SSSR count). The SMILES string of the molecule is CCN(c1ccccc1)c1cc(Br)ccc1/C=C/C(=O)O. The molecule has 0 saturated carbocycles. The molecule has 0 heterocycles. The highest BCUT2D eigenvalue weighted by Crippen LogP contribution is 2.31. The number of para-hydroxylation sites is 1. The third kappa shape index (κ3) is 3.95. The fourth-order valence-electron chi connectivity index (χ4n) is 2.15. The minimum absolute atomic E-state index is 0.786. The molecule has 2 aromatic carbocycles. The van der Waals surface area contributed by atoms with E-state index in [9.17, 15) is 4.79 Å². The molecule has 0 aromatic heterocycles. The molecule has 108 valence electrons. The summed E-state index contributed by atoms with van der Waals surface area (Å²) in [6, 6.07) is 15.8. The third-order valence-corrected chi connectivity index (χ3v) is 3.57. The summed E-state index contributed by atoms with van der Waals surface area (Å²) in [5.41, 5.74) is 2.91. The summed E-state index contributed by atoms with van der Waals surface area (Å²) >= 11 is 3.48. The summed E-state index contributed by atoms with van der Waals surface area (Å²) < 4.78 is 0.958. The molecule has 0 fully saturated rings. The van der Waals surface area contributed by atoms with Crippen LogP contribution in [0.2, 0.25) is 0 Å². The van der Waals surface area contributed by atoms with Crippen molar-refractivity contribution >= 4 is 39.4 Å². The summed E-state index contributed by atoms with van der Waals surface area (Å²) in [6.07, 6.45) is 2.78. The molecule has 0 spiro atoms. The highest BCUT2D eigenvalue weighted by molar-refractivity contribution is 9.10. The molecule has 0 bridgehead atoms. The standard InChI is InChI=1S/C17H16BrNO2/c1-2-19(15-6-4-3-5-7-15)16-12-14(18)10-8-13(16)9-11-17(20)21/h3-12H,2H2,1H3,(H,20,21)/b11-9+. The molecule has 0 aliphatic heterocycles. The van der Waals surface area contributed by atoms with Gasteiger partial charge in [-0.15, -0.1) is 0 Å². The number of carboxylic acid groups (broad SMARTS) is 1. The van der Waals surface area contributed by atoms with E-state index in [2.05, 4.69) is 27.8 Å². The van der Waals surface area contributed by atoms with Gasteiger partial charge in [-0.3, -0.25) is 0 Å². The number of anilines is 2. The van der Waals surface area contributed by atoms with E-state index >= 15 is 0 Å². The Labute approximate surface area is 132 Å². The molecule has 1 N–H and O–H groups in total. The molecule has 0 atom stereocenters. The molecule has 4 heteroatoms. The maximum Gasteiger partial charge on any atom is 0.328 e. The Morgan fingerprint density at radius 2 is 1.95 bits per heavy atom. The van der Waals surface area contributed by atoms with Gasteiger partial charge in [0, 0.05) is 28.5 Å². The zero-order chi connectivity index (χ0) is 15.2. The number of aliphatic carboxylic acids is 1. The molecular formula is C17H16BrNO2. The maximum atomic E-state index is 10.8. The Balaban J connectivity index is 2.49. The summed E-state index contributed by atoms with van der Waals surface area (Å²) in [6.45, 7) is 2.85. The van der Waals surface area contributed by atoms with Crippen LogP contribution < -0.4 is 4.90 Å². The smallest absolute Gasteiger partial charge is 0.328 e. The third-order valence-electron chi connectivity index (χ3n) is 3.07. The number of carboxylic acids is 1. The Kier molecular flexibility index (Phi) is 5.17. The van der Waals surface area contributed by atoms with Crippen molar-refractivity contribution in [3.8, 4) is 0 Å². The Bertz CT molecular complexity index is 653. The number of carbonyl (C=O) groups is 1. The van der Waals surface area contributed by atoms with Crippen LogP contribution >= 0.6 is 15.9 Å². The van der Waals surface area contributed by atoms with Crippen LogP contribution in [0.1, 0.15) is 12.5 Å². The van der Waals surface area contributed by atoms with Crippen LogP contribution in [-0.2, 0) is 4.79 Å². The van der Waals surface area contributed by atoms with Gasteiger partial charge < -0.3 is 10.0 Å². The second kappa shape index (κ2) is 7.09. The number of hydrogen-bond donors (Lipinski definition) is 1. The first-order chi connectivity index (χ1) is 10.1. The Morgan fingerprint density at radius 3 is 2.57 bits per heavy atom. The van der Waals surface area contributed by atoms with Gasteiger partial charge in [-0.05, 0) is 42.8 Å². The van der Waals surface area contributed by atoms with Crippen LogP contribution in [0, 0.1) is 0 Å². The second-order valence-corrected chi connectivity index (χ2v) is 5.37. The molecule has 0 unspecified atom stereocenters. The molecule has 21 heavy (non-hydrogen) atoms. The van der Waals surface area contributed by atoms with Crippen LogP contribution in [0.4, 0.5) is 11.4 Å².